The van der Waals surface area contributed by atoms with Crippen molar-refractivity contribution in [3.05, 3.63) is 34.9 Å². The van der Waals surface area contributed by atoms with Crippen LogP contribution in [0.2, 0.25) is 0 Å². The average molecular weight is 253 g/mol. The summed E-state index contributed by atoms with van der Waals surface area (Å²) in [4.78, 5) is 12.9. The SMILES string of the molecule is Cc1ccc(C[S@@](=O)CC(=O)N(C)C)cc1C. The van der Waals surface area contributed by atoms with Crippen LogP contribution in [0.25, 0.3) is 0 Å². The zero-order valence-corrected chi connectivity index (χ0v) is 11.6. The van der Waals surface area contributed by atoms with Crippen LogP contribution in [0.1, 0.15) is 16.7 Å². The van der Waals surface area contributed by atoms with Gasteiger partial charge in [-0.2, -0.15) is 0 Å². The third kappa shape index (κ3) is 4.30. The van der Waals surface area contributed by atoms with Crippen molar-refractivity contribution in [1.29, 1.82) is 0 Å². The number of amides is 1. The molecule has 0 N–H and O–H groups in total. The van der Waals surface area contributed by atoms with Gasteiger partial charge in [0.15, 0.2) is 0 Å². The quantitative estimate of drug-likeness (QED) is 0.818. The Morgan fingerprint density at radius 1 is 1.24 bits per heavy atom. The molecule has 0 spiro atoms. The van der Waals surface area contributed by atoms with E-state index in [0.717, 1.165) is 5.56 Å². The van der Waals surface area contributed by atoms with Gasteiger partial charge in [0.25, 0.3) is 0 Å². The molecule has 1 aromatic rings. The monoisotopic (exact) mass is 253 g/mol. The van der Waals surface area contributed by atoms with E-state index >= 15 is 0 Å². The minimum Gasteiger partial charge on any atom is -0.348 e. The highest BCUT2D eigenvalue weighted by molar-refractivity contribution is 7.84. The van der Waals surface area contributed by atoms with Gasteiger partial charge in [-0.3, -0.25) is 9.00 Å². The third-order valence-corrected chi connectivity index (χ3v) is 3.91. The summed E-state index contributed by atoms with van der Waals surface area (Å²) in [6, 6.07) is 6.03. The summed E-state index contributed by atoms with van der Waals surface area (Å²) in [5, 5.41) is 0. The zero-order valence-electron chi connectivity index (χ0n) is 10.8. The van der Waals surface area contributed by atoms with E-state index in [9.17, 15) is 9.00 Å². The Morgan fingerprint density at radius 2 is 1.88 bits per heavy atom. The highest BCUT2D eigenvalue weighted by Crippen LogP contribution is 2.11. The van der Waals surface area contributed by atoms with Crippen LogP contribution < -0.4 is 0 Å². The van der Waals surface area contributed by atoms with Crippen LogP contribution in [-0.2, 0) is 21.3 Å². The number of rotatable bonds is 4. The van der Waals surface area contributed by atoms with Crippen molar-refractivity contribution < 1.29 is 9.00 Å². The first-order valence-electron chi connectivity index (χ1n) is 5.51. The van der Waals surface area contributed by atoms with Crippen molar-refractivity contribution in [3.8, 4) is 0 Å². The lowest BCUT2D eigenvalue weighted by Crippen LogP contribution is -2.27. The molecular weight excluding hydrogens is 234 g/mol. The summed E-state index contributed by atoms with van der Waals surface area (Å²) < 4.78 is 11.8. The number of carbonyl (C=O) groups excluding carboxylic acids is 1. The molecule has 1 atom stereocenters. The number of benzene rings is 1. The summed E-state index contributed by atoms with van der Waals surface area (Å²) in [6.07, 6.45) is 0. The fourth-order valence-electron chi connectivity index (χ4n) is 1.40. The molecule has 0 aliphatic rings. The van der Waals surface area contributed by atoms with E-state index in [2.05, 4.69) is 0 Å². The van der Waals surface area contributed by atoms with Gasteiger partial charge in [-0.1, -0.05) is 18.2 Å². The van der Waals surface area contributed by atoms with Crippen LogP contribution in [-0.4, -0.2) is 34.9 Å². The Hall–Kier alpha value is -1.16. The molecule has 0 aromatic heterocycles. The summed E-state index contributed by atoms with van der Waals surface area (Å²) >= 11 is 0. The molecule has 1 aromatic carbocycles. The van der Waals surface area contributed by atoms with Crippen molar-refractivity contribution in [2.45, 2.75) is 19.6 Å². The Bertz CT molecular complexity index is 441. The van der Waals surface area contributed by atoms with Gasteiger partial charge in [0.2, 0.25) is 5.91 Å². The van der Waals surface area contributed by atoms with Crippen LogP contribution in [0.4, 0.5) is 0 Å². The molecule has 4 heteroatoms. The van der Waals surface area contributed by atoms with E-state index < -0.39 is 10.8 Å². The Balaban J connectivity index is 2.62. The maximum absolute atomic E-state index is 11.8. The second kappa shape index (κ2) is 5.96. The molecule has 0 unspecified atom stereocenters. The fraction of sp³-hybridized carbons (Fsp3) is 0.462. The van der Waals surface area contributed by atoms with Gasteiger partial charge in [-0.05, 0) is 30.5 Å². The average Bonchev–Trinajstić information content (AvgIpc) is 2.23. The predicted octanol–water partition coefficient (Wildman–Crippen LogP) is 1.64. The van der Waals surface area contributed by atoms with Crippen molar-refractivity contribution in [2.75, 3.05) is 19.8 Å². The van der Waals surface area contributed by atoms with Crippen molar-refractivity contribution in [3.63, 3.8) is 0 Å². The van der Waals surface area contributed by atoms with Gasteiger partial charge < -0.3 is 4.90 Å². The molecule has 0 fully saturated rings. The molecule has 0 saturated heterocycles. The molecule has 3 nitrogen and oxygen atoms in total. The van der Waals surface area contributed by atoms with Crippen LogP contribution in [0, 0.1) is 13.8 Å². The van der Waals surface area contributed by atoms with Crippen LogP contribution in [0.15, 0.2) is 18.2 Å². The molecular formula is C13H19NO2S. The molecule has 1 rings (SSSR count). The molecule has 0 aliphatic carbocycles. The summed E-state index contributed by atoms with van der Waals surface area (Å²) in [7, 11) is 2.22. The summed E-state index contributed by atoms with van der Waals surface area (Å²) in [5.74, 6) is 0.452. The van der Waals surface area contributed by atoms with Gasteiger partial charge in [-0.25, -0.2) is 0 Å². The highest BCUT2D eigenvalue weighted by Gasteiger charge is 2.10. The fourth-order valence-corrected chi connectivity index (χ4v) is 2.58. The molecule has 0 aliphatic heterocycles. The van der Waals surface area contributed by atoms with Crippen molar-refractivity contribution >= 4 is 16.7 Å². The number of hydrogen-bond donors (Lipinski definition) is 0. The lowest BCUT2D eigenvalue weighted by molar-refractivity contribution is -0.125. The largest absolute Gasteiger partial charge is 0.348 e. The van der Waals surface area contributed by atoms with E-state index in [-0.39, 0.29) is 11.7 Å². The van der Waals surface area contributed by atoms with Crippen molar-refractivity contribution in [1.82, 2.24) is 4.90 Å². The molecule has 0 heterocycles. The van der Waals surface area contributed by atoms with E-state index in [0.29, 0.717) is 5.75 Å². The van der Waals surface area contributed by atoms with Gasteiger partial charge in [-0.15, -0.1) is 0 Å². The smallest absolute Gasteiger partial charge is 0.234 e. The topological polar surface area (TPSA) is 37.4 Å². The molecule has 94 valence electrons. The van der Waals surface area contributed by atoms with Crippen LogP contribution >= 0.6 is 0 Å². The first kappa shape index (κ1) is 13.9. The Kier molecular flexibility index (Phi) is 4.87. The number of aryl methyl sites for hydroxylation is 2. The normalized spacial score (nSPS) is 12.2. The lowest BCUT2D eigenvalue weighted by atomic mass is 10.1. The maximum atomic E-state index is 11.8. The minimum atomic E-state index is -1.13. The van der Waals surface area contributed by atoms with Gasteiger partial charge >= 0.3 is 0 Å². The maximum Gasteiger partial charge on any atom is 0.234 e. The minimum absolute atomic E-state index is 0.0906. The van der Waals surface area contributed by atoms with Crippen molar-refractivity contribution in [2.24, 2.45) is 0 Å². The standard InChI is InChI=1S/C13H19NO2S/c1-10-5-6-12(7-11(10)2)8-17(16)9-13(15)14(3)4/h5-7H,8-9H2,1-4H3/t17-/m1/s1. The highest BCUT2D eigenvalue weighted by atomic mass is 32.2. The first-order valence-corrected chi connectivity index (χ1v) is 7.00. The Labute approximate surface area is 105 Å². The van der Waals surface area contributed by atoms with Crippen LogP contribution in [0.3, 0.4) is 0 Å². The van der Waals surface area contributed by atoms with Crippen LogP contribution in [0.5, 0.6) is 0 Å². The van der Waals surface area contributed by atoms with E-state index in [4.69, 9.17) is 0 Å². The van der Waals surface area contributed by atoms with E-state index in [1.807, 2.05) is 32.0 Å². The molecule has 1 amide bonds. The Morgan fingerprint density at radius 3 is 2.41 bits per heavy atom. The molecule has 0 bridgehead atoms. The first-order chi connectivity index (χ1) is 7.90. The van der Waals surface area contributed by atoms with Gasteiger partial charge in [0, 0.05) is 30.6 Å². The molecule has 0 saturated carbocycles. The summed E-state index contributed by atoms with van der Waals surface area (Å²) in [5.41, 5.74) is 3.44. The van der Waals surface area contributed by atoms with E-state index in [1.54, 1.807) is 14.1 Å². The van der Waals surface area contributed by atoms with Gasteiger partial charge in [0.1, 0.15) is 5.75 Å². The van der Waals surface area contributed by atoms with Gasteiger partial charge in [0.05, 0.1) is 0 Å². The summed E-state index contributed by atoms with van der Waals surface area (Å²) in [6.45, 7) is 4.08. The predicted molar refractivity (Wildman–Crippen MR) is 71.3 cm³/mol. The zero-order chi connectivity index (χ0) is 13.0. The lowest BCUT2D eigenvalue weighted by Gasteiger charge is -2.10. The second-order valence-corrected chi connectivity index (χ2v) is 5.89. The number of nitrogens with zero attached hydrogens (tertiary/aromatic N) is 1. The molecule has 17 heavy (non-hydrogen) atoms. The third-order valence-electron chi connectivity index (χ3n) is 2.68. The van der Waals surface area contributed by atoms with E-state index in [1.165, 1.54) is 16.0 Å². The second-order valence-electron chi connectivity index (χ2n) is 4.44. The number of carbonyl (C=O) groups is 1. The molecule has 0 radical (unpaired) electrons. The number of hydrogen-bond acceptors (Lipinski definition) is 2.